The van der Waals surface area contributed by atoms with Gasteiger partial charge in [-0.1, -0.05) is 38.5 Å². The van der Waals surface area contributed by atoms with E-state index in [1.54, 1.807) is 193 Å². The van der Waals surface area contributed by atoms with Crippen molar-refractivity contribution in [3.8, 4) is 0 Å². The molecule has 0 aliphatic heterocycles. The molecule has 0 atom stereocenters. The van der Waals surface area contributed by atoms with E-state index in [9.17, 15) is 0 Å². The zero-order valence-corrected chi connectivity index (χ0v) is 38.3. The Morgan fingerprint density at radius 1 is 0.400 bits per heavy atom. The summed E-state index contributed by atoms with van der Waals surface area (Å²) in [5.74, 6) is 0. The second-order valence-corrected chi connectivity index (χ2v) is 30.4. The van der Waals surface area contributed by atoms with Crippen LogP contribution in [0.5, 0.6) is 0 Å². The van der Waals surface area contributed by atoms with Crippen LogP contribution in [0, 0.1) is 0 Å². The Morgan fingerprint density at radius 3 is 0.900 bits per heavy atom. The third-order valence-corrected chi connectivity index (χ3v) is 25.4. The van der Waals surface area contributed by atoms with Crippen molar-refractivity contribution in [3.63, 3.8) is 0 Å². The molecule has 0 unspecified atom stereocenters. The Kier molecular flexibility index (Phi) is 25.0. The van der Waals surface area contributed by atoms with Crippen molar-refractivity contribution in [2.24, 2.45) is 0 Å². The first-order valence-electron chi connectivity index (χ1n) is 22.8. The molecule has 0 N–H and O–H groups in total. The molecule has 0 spiro atoms. The summed E-state index contributed by atoms with van der Waals surface area (Å²) in [7, 11) is 11.3. The molecular formula is C45H84Cl2P2Ru+2. The van der Waals surface area contributed by atoms with Crippen molar-refractivity contribution >= 4 is 39.8 Å². The van der Waals surface area contributed by atoms with E-state index >= 15 is 0 Å². The van der Waals surface area contributed by atoms with Crippen molar-refractivity contribution in [1.29, 1.82) is 0 Å². The Labute approximate surface area is 329 Å². The van der Waals surface area contributed by atoms with E-state index in [4.69, 9.17) is 19.4 Å². The average Bonchev–Trinajstić information content (AvgIpc) is 3.18. The number of allylic oxidation sites excluding steroid dienone is 2. The predicted octanol–water partition coefficient (Wildman–Crippen LogP) is 16.6. The molecule has 0 aromatic carbocycles. The van der Waals surface area contributed by atoms with Gasteiger partial charge in [-0.25, -0.2) is 0 Å². The molecule has 6 aliphatic carbocycles. The van der Waals surface area contributed by atoms with Crippen LogP contribution >= 0.6 is 35.2 Å². The van der Waals surface area contributed by atoms with Gasteiger partial charge in [-0.05, 0) is 154 Å². The van der Waals surface area contributed by atoms with E-state index in [1.807, 2.05) is 0 Å². The van der Waals surface area contributed by atoms with Gasteiger partial charge in [0.25, 0.3) is 0 Å². The van der Waals surface area contributed by atoms with Crippen LogP contribution in [0.15, 0.2) is 12.2 Å². The summed E-state index contributed by atoms with van der Waals surface area (Å²) in [4.78, 5) is 0. The van der Waals surface area contributed by atoms with E-state index in [0.717, 1.165) is 6.42 Å². The molecule has 6 rings (SSSR count). The third-order valence-electron chi connectivity index (χ3n) is 14.0. The predicted molar refractivity (Wildman–Crippen MR) is 234 cm³/mol. The zero-order valence-electron chi connectivity index (χ0n) is 33.1. The van der Waals surface area contributed by atoms with Crippen LogP contribution in [0.1, 0.15) is 232 Å². The first-order chi connectivity index (χ1) is 24.7. The summed E-state index contributed by atoms with van der Waals surface area (Å²) in [6, 6.07) is 0. The van der Waals surface area contributed by atoms with Gasteiger partial charge in [-0.2, -0.15) is 0 Å². The molecule has 6 aliphatic rings. The molecular weight excluding hydrogens is 774 g/mol. The second kappa shape index (κ2) is 28.1. The fourth-order valence-electron chi connectivity index (χ4n) is 11.5. The van der Waals surface area contributed by atoms with Crippen LogP contribution in [-0.2, 0) is 13.5 Å². The smallest absolute Gasteiger partial charge is 0.0530 e. The van der Waals surface area contributed by atoms with Crippen molar-refractivity contribution in [1.82, 2.24) is 0 Å². The second-order valence-electron chi connectivity index (χ2n) is 17.6. The first kappa shape index (κ1) is 44.4. The quantitative estimate of drug-likeness (QED) is 0.0794. The third kappa shape index (κ3) is 17.2. The van der Waals surface area contributed by atoms with Crippen molar-refractivity contribution in [2.75, 3.05) is 0 Å². The molecule has 0 amide bonds. The fraction of sp³-hybridized carbons (Fsp3) is 0.933. The summed E-state index contributed by atoms with van der Waals surface area (Å²) in [6.07, 6.45) is 58.0. The van der Waals surface area contributed by atoms with E-state index in [2.05, 4.69) is 23.7 Å². The van der Waals surface area contributed by atoms with E-state index < -0.39 is 13.5 Å². The fourth-order valence-corrected chi connectivity index (χ4v) is 23.6. The minimum Gasteiger partial charge on any atom is -0.0530 e. The maximum absolute atomic E-state index is 5.68. The molecule has 0 radical (unpaired) electrons. The van der Waals surface area contributed by atoms with Crippen molar-refractivity contribution in [3.05, 3.63) is 12.2 Å². The Morgan fingerprint density at radius 2 is 0.660 bits per heavy atom. The van der Waals surface area contributed by atoms with Crippen LogP contribution in [0.4, 0.5) is 0 Å². The van der Waals surface area contributed by atoms with Gasteiger partial charge in [-0.15, -0.1) is 0 Å². The van der Waals surface area contributed by atoms with E-state index in [-0.39, 0.29) is 15.8 Å². The van der Waals surface area contributed by atoms with Gasteiger partial charge in [0.05, 0.1) is 34.0 Å². The minimum absolute atomic E-state index is 0.0465. The molecule has 0 saturated heterocycles. The number of hydrogen-bond donors (Lipinski definition) is 0. The Hall–Kier alpha value is 1.67. The molecule has 294 valence electrons. The molecule has 0 heterocycles. The molecule has 6 fully saturated rings. The Balaban J connectivity index is 0.000000174. The van der Waals surface area contributed by atoms with E-state index in [1.165, 1.54) is 59.6 Å². The molecule has 0 aromatic heterocycles. The number of halogens is 2. The summed E-state index contributed by atoms with van der Waals surface area (Å²) < 4.78 is 2.09. The van der Waals surface area contributed by atoms with Crippen molar-refractivity contribution in [2.45, 2.75) is 266 Å². The van der Waals surface area contributed by atoms with Gasteiger partial charge in [0.1, 0.15) is 0 Å². The van der Waals surface area contributed by atoms with Gasteiger partial charge in [0.15, 0.2) is 0 Å². The van der Waals surface area contributed by atoms with Crippen LogP contribution in [-0.4, -0.2) is 38.6 Å². The van der Waals surface area contributed by atoms with Crippen molar-refractivity contribution < 1.29 is 13.5 Å². The maximum atomic E-state index is 5.68. The van der Waals surface area contributed by atoms with Crippen LogP contribution in [0.2, 0.25) is 0 Å². The molecule has 0 aromatic rings. The standard InChI is InChI=1S/2C18H33P.C9H16.2ClH.Ru/c2*1-4-10-16(11-5-1)19(17-12-6-2-7-13-17)18-14-8-3-9-15-18;1-3-5-7-9-8-6-4-2;;;/h2*16-18H,1-15H2;1,4,6H,3,5,7-9H2,2H3;2*1H;/q;;;;;+2/b;;6-4+;;;. The molecule has 6 saturated carbocycles. The summed E-state index contributed by atoms with van der Waals surface area (Å²) >= 11 is -1.47. The monoisotopic (exact) mass is 858 g/mol. The minimum atomic E-state index is -1.47. The normalized spacial score (nSPS) is 24.9. The zero-order chi connectivity index (χ0) is 35.1. The van der Waals surface area contributed by atoms with Gasteiger partial charge in [-0.3, -0.25) is 0 Å². The number of hydrogen-bond acceptors (Lipinski definition) is 0. The van der Waals surface area contributed by atoms with Crippen LogP contribution in [0.25, 0.3) is 0 Å². The van der Waals surface area contributed by atoms with Crippen LogP contribution < -0.4 is 0 Å². The van der Waals surface area contributed by atoms with Gasteiger partial charge in [0.2, 0.25) is 0 Å². The summed E-state index contributed by atoms with van der Waals surface area (Å²) in [5.41, 5.74) is 7.36. The van der Waals surface area contributed by atoms with Crippen LogP contribution in [0.3, 0.4) is 0 Å². The topological polar surface area (TPSA) is 0 Å². The SMILES string of the molecule is C/C=C/CCCCC[CH]=[Ru]([Cl])[Cl].C1CCC([PH+](C2CCCCC2)C2CCCCC2)CC1.C1CCC([PH+](C2CCCCC2)C2CCCCC2)CC1. The summed E-state index contributed by atoms with van der Waals surface area (Å²) in [6.45, 7) is 2.06. The molecule has 5 heteroatoms. The number of rotatable bonds is 12. The number of unbranched alkanes of at least 4 members (excludes halogenated alkanes) is 4. The largest absolute Gasteiger partial charge is 0.0680 e. The van der Waals surface area contributed by atoms with E-state index in [0.29, 0.717) is 0 Å². The molecule has 0 nitrogen and oxygen atoms in total. The summed E-state index contributed by atoms with van der Waals surface area (Å²) in [5, 5.41) is 0. The molecule has 0 bridgehead atoms. The maximum Gasteiger partial charge on any atom is 0.0680 e. The first-order valence-corrected chi connectivity index (χ1v) is 31.8. The Bertz CT molecular complexity index is 730. The average molecular weight is 859 g/mol. The van der Waals surface area contributed by atoms with Gasteiger partial charge in [0, 0.05) is 15.8 Å². The molecule has 50 heavy (non-hydrogen) atoms. The van der Waals surface area contributed by atoms with Gasteiger partial charge < -0.3 is 0 Å². The van der Waals surface area contributed by atoms with Gasteiger partial charge >= 0.3 is 88.7 Å².